The van der Waals surface area contributed by atoms with Crippen molar-refractivity contribution in [3.8, 4) is 0 Å². The summed E-state index contributed by atoms with van der Waals surface area (Å²) in [6.07, 6.45) is 4.33. The summed E-state index contributed by atoms with van der Waals surface area (Å²) in [7, 11) is 0. The molecule has 2 aliphatic rings. The highest BCUT2D eigenvalue weighted by molar-refractivity contribution is 5.85. The Kier molecular flexibility index (Phi) is 5.16. The third kappa shape index (κ3) is 3.35. The Labute approximate surface area is 165 Å². The molecule has 0 bridgehead atoms. The fourth-order valence-corrected chi connectivity index (χ4v) is 4.38. The maximum atomic E-state index is 4.56. The Bertz CT molecular complexity index is 923. The summed E-state index contributed by atoms with van der Waals surface area (Å²) in [6.45, 7) is 8.17. The standard InChI is InChI=1S/C19H25N7.ClH/c1-14-3-2-4-17-21-11-16(26(14)17)13-24-8-5-15(6-9-24)19-23-22-18-12-20-7-10-25(18)19;/h2-4,11,15,20H,5-10,12-13H2,1H3;1H. The monoisotopic (exact) mass is 387 g/mol. The average Bonchev–Trinajstić information content (AvgIpc) is 3.28. The topological polar surface area (TPSA) is 63.3 Å². The van der Waals surface area contributed by atoms with Crippen molar-refractivity contribution in [2.24, 2.45) is 0 Å². The largest absolute Gasteiger partial charge is 0.312 e. The second kappa shape index (κ2) is 7.58. The van der Waals surface area contributed by atoms with Gasteiger partial charge in [-0.15, -0.1) is 22.6 Å². The zero-order valence-electron chi connectivity index (χ0n) is 15.6. The lowest BCUT2D eigenvalue weighted by Gasteiger charge is -2.32. The number of aryl methyl sites for hydroxylation is 1. The van der Waals surface area contributed by atoms with Gasteiger partial charge < -0.3 is 14.3 Å². The number of hydrogen-bond donors (Lipinski definition) is 1. The number of rotatable bonds is 3. The maximum Gasteiger partial charge on any atom is 0.147 e. The Morgan fingerprint density at radius 2 is 2.00 bits per heavy atom. The summed E-state index contributed by atoms with van der Waals surface area (Å²) in [5.74, 6) is 2.83. The van der Waals surface area contributed by atoms with Gasteiger partial charge in [-0.05, 0) is 45.0 Å². The molecule has 0 atom stereocenters. The van der Waals surface area contributed by atoms with Gasteiger partial charge in [0.15, 0.2) is 0 Å². The van der Waals surface area contributed by atoms with E-state index in [9.17, 15) is 0 Å². The number of imidazole rings is 1. The summed E-state index contributed by atoms with van der Waals surface area (Å²) in [5, 5.41) is 12.3. The molecule has 0 radical (unpaired) electrons. The first-order chi connectivity index (χ1) is 12.8. The highest BCUT2D eigenvalue weighted by Gasteiger charge is 2.27. The highest BCUT2D eigenvalue weighted by Crippen LogP contribution is 2.28. The van der Waals surface area contributed by atoms with E-state index in [2.05, 4.69) is 59.5 Å². The van der Waals surface area contributed by atoms with Crippen LogP contribution in [0, 0.1) is 6.92 Å². The SMILES string of the molecule is Cc1cccc2ncc(CN3CCC(c4nnc5n4CCNC5)CC3)n12.Cl. The number of pyridine rings is 1. The van der Waals surface area contributed by atoms with Gasteiger partial charge in [0, 0.05) is 31.2 Å². The van der Waals surface area contributed by atoms with Crippen LogP contribution in [0.5, 0.6) is 0 Å². The molecule has 5 heterocycles. The quantitative estimate of drug-likeness (QED) is 0.746. The van der Waals surface area contributed by atoms with Crippen molar-refractivity contribution < 1.29 is 0 Å². The molecule has 0 aromatic carbocycles. The molecule has 0 aliphatic carbocycles. The third-order valence-corrected chi connectivity index (χ3v) is 5.79. The molecule has 3 aromatic rings. The molecule has 0 spiro atoms. The van der Waals surface area contributed by atoms with Crippen molar-refractivity contribution in [1.29, 1.82) is 0 Å². The van der Waals surface area contributed by atoms with Gasteiger partial charge in [-0.2, -0.15) is 0 Å². The fourth-order valence-electron chi connectivity index (χ4n) is 4.38. The first kappa shape index (κ1) is 18.4. The van der Waals surface area contributed by atoms with Crippen LogP contribution in [-0.4, -0.2) is 48.7 Å². The predicted octanol–water partition coefficient (Wildman–Crippen LogP) is 2.14. The molecule has 0 saturated carbocycles. The molecule has 27 heavy (non-hydrogen) atoms. The van der Waals surface area contributed by atoms with Crippen molar-refractivity contribution >= 4 is 18.1 Å². The molecular formula is C19H26ClN7. The van der Waals surface area contributed by atoms with Crippen molar-refractivity contribution in [1.82, 2.24) is 34.4 Å². The van der Waals surface area contributed by atoms with E-state index < -0.39 is 0 Å². The fraction of sp³-hybridized carbons (Fsp3) is 0.526. The van der Waals surface area contributed by atoms with E-state index in [0.29, 0.717) is 5.92 Å². The molecular weight excluding hydrogens is 362 g/mol. The van der Waals surface area contributed by atoms with Crippen LogP contribution >= 0.6 is 12.4 Å². The van der Waals surface area contributed by atoms with Crippen LogP contribution in [-0.2, 0) is 19.6 Å². The normalized spacial score (nSPS) is 18.4. The number of likely N-dealkylation sites (tertiary alicyclic amines) is 1. The molecule has 5 rings (SSSR count). The minimum atomic E-state index is 0. The number of aromatic nitrogens is 5. The predicted molar refractivity (Wildman–Crippen MR) is 106 cm³/mol. The van der Waals surface area contributed by atoms with Gasteiger partial charge in [0.2, 0.25) is 0 Å². The maximum absolute atomic E-state index is 4.56. The minimum Gasteiger partial charge on any atom is -0.312 e. The van der Waals surface area contributed by atoms with Crippen LogP contribution in [0.2, 0.25) is 0 Å². The van der Waals surface area contributed by atoms with Gasteiger partial charge in [-0.25, -0.2) is 4.98 Å². The Hall–Kier alpha value is -1.96. The van der Waals surface area contributed by atoms with Crippen LogP contribution in [0.15, 0.2) is 24.4 Å². The molecule has 0 unspecified atom stereocenters. The zero-order valence-corrected chi connectivity index (χ0v) is 16.5. The Balaban J connectivity index is 0.00000180. The molecule has 144 valence electrons. The lowest BCUT2D eigenvalue weighted by Crippen LogP contribution is -2.35. The second-order valence-electron chi connectivity index (χ2n) is 7.46. The number of nitrogens with zero attached hydrogens (tertiary/aromatic N) is 6. The number of piperidine rings is 1. The van der Waals surface area contributed by atoms with Gasteiger partial charge in [0.05, 0.1) is 18.4 Å². The van der Waals surface area contributed by atoms with Crippen LogP contribution in [0.3, 0.4) is 0 Å². The summed E-state index contributed by atoms with van der Waals surface area (Å²) in [4.78, 5) is 7.10. The molecule has 2 aliphatic heterocycles. The van der Waals surface area contributed by atoms with E-state index in [0.717, 1.165) is 63.6 Å². The van der Waals surface area contributed by atoms with E-state index in [1.807, 2.05) is 6.20 Å². The molecule has 1 saturated heterocycles. The smallest absolute Gasteiger partial charge is 0.147 e. The third-order valence-electron chi connectivity index (χ3n) is 5.79. The number of fused-ring (bicyclic) bond motifs is 2. The van der Waals surface area contributed by atoms with Crippen molar-refractivity contribution in [2.45, 2.75) is 45.3 Å². The minimum absolute atomic E-state index is 0. The van der Waals surface area contributed by atoms with Gasteiger partial charge >= 0.3 is 0 Å². The van der Waals surface area contributed by atoms with Crippen LogP contribution in [0.4, 0.5) is 0 Å². The van der Waals surface area contributed by atoms with E-state index in [4.69, 9.17) is 0 Å². The van der Waals surface area contributed by atoms with Gasteiger partial charge in [-0.1, -0.05) is 6.07 Å². The van der Waals surface area contributed by atoms with Crippen LogP contribution in [0.1, 0.15) is 41.8 Å². The lowest BCUT2D eigenvalue weighted by atomic mass is 9.95. The van der Waals surface area contributed by atoms with Gasteiger partial charge in [0.25, 0.3) is 0 Å². The van der Waals surface area contributed by atoms with Crippen molar-refractivity contribution in [2.75, 3.05) is 19.6 Å². The van der Waals surface area contributed by atoms with E-state index in [1.54, 1.807) is 0 Å². The van der Waals surface area contributed by atoms with Crippen molar-refractivity contribution in [3.05, 3.63) is 47.4 Å². The number of nitrogens with one attached hydrogen (secondary N) is 1. The summed E-state index contributed by atoms with van der Waals surface area (Å²) < 4.78 is 4.61. The summed E-state index contributed by atoms with van der Waals surface area (Å²) in [5.41, 5.74) is 3.56. The molecule has 3 aromatic heterocycles. The molecule has 1 N–H and O–H groups in total. The van der Waals surface area contributed by atoms with Crippen LogP contribution < -0.4 is 5.32 Å². The summed E-state index contributed by atoms with van der Waals surface area (Å²) >= 11 is 0. The zero-order chi connectivity index (χ0) is 17.5. The van der Waals surface area contributed by atoms with E-state index in [-0.39, 0.29) is 12.4 Å². The van der Waals surface area contributed by atoms with E-state index >= 15 is 0 Å². The molecule has 1 fully saturated rings. The molecule has 0 amide bonds. The highest BCUT2D eigenvalue weighted by atomic mass is 35.5. The first-order valence-electron chi connectivity index (χ1n) is 9.56. The Morgan fingerprint density at radius 3 is 2.85 bits per heavy atom. The van der Waals surface area contributed by atoms with Crippen molar-refractivity contribution in [3.63, 3.8) is 0 Å². The average molecular weight is 388 g/mol. The Morgan fingerprint density at radius 1 is 1.15 bits per heavy atom. The first-order valence-corrected chi connectivity index (χ1v) is 9.56. The van der Waals surface area contributed by atoms with E-state index in [1.165, 1.54) is 17.2 Å². The number of hydrogen-bond acceptors (Lipinski definition) is 5. The molecule has 7 nitrogen and oxygen atoms in total. The second-order valence-corrected chi connectivity index (χ2v) is 7.46. The van der Waals surface area contributed by atoms with Crippen LogP contribution in [0.25, 0.3) is 5.65 Å². The van der Waals surface area contributed by atoms with Gasteiger partial charge in [-0.3, -0.25) is 4.90 Å². The summed E-state index contributed by atoms with van der Waals surface area (Å²) in [6, 6.07) is 6.29. The lowest BCUT2D eigenvalue weighted by molar-refractivity contribution is 0.197. The van der Waals surface area contributed by atoms with Gasteiger partial charge in [0.1, 0.15) is 17.3 Å². The number of halogens is 1. The molecule has 8 heteroatoms.